The summed E-state index contributed by atoms with van der Waals surface area (Å²) in [4.78, 5) is 11.5. The second kappa shape index (κ2) is 10.5. The Morgan fingerprint density at radius 3 is 2.48 bits per heavy atom. The minimum absolute atomic E-state index is 0.150. The lowest BCUT2D eigenvalue weighted by Gasteiger charge is -2.33. The molecule has 0 saturated carbocycles. The summed E-state index contributed by atoms with van der Waals surface area (Å²) in [6.45, 7) is 9.10. The second-order valence-corrected chi connectivity index (χ2v) is 10.4. The first-order valence-electron chi connectivity index (χ1n) is 10.0. The van der Waals surface area contributed by atoms with Crippen LogP contribution in [0.1, 0.15) is 91.9 Å². The number of nitrogens with one attached hydrogen (secondary N) is 1. The fraction of sp³-hybridized carbons (Fsp3) is 0.947. The van der Waals surface area contributed by atoms with Gasteiger partial charge in [0, 0.05) is 25.6 Å². The Labute approximate surface area is 155 Å². The molecule has 0 aromatic carbocycles. The van der Waals surface area contributed by atoms with Crippen LogP contribution in [-0.4, -0.2) is 42.5 Å². The first-order chi connectivity index (χ1) is 11.8. The van der Waals surface area contributed by atoms with E-state index in [2.05, 4.69) is 12.2 Å². The number of sulfonamides is 1. The third kappa shape index (κ3) is 6.55. The predicted molar refractivity (Wildman–Crippen MR) is 104 cm³/mol. The van der Waals surface area contributed by atoms with Crippen molar-refractivity contribution in [1.29, 1.82) is 0 Å². The maximum absolute atomic E-state index is 12.9. The number of hydrogen-bond donors (Lipinski definition) is 1. The molecule has 0 aliphatic carbocycles. The lowest BCUT2D eigenvalue weighted by atomic mass is 10.1. The van der Waals surface area contributed by atoms with E-state index >= 15 is 0 Å². The van der Waals surface area contributed by atoms with Gasteiger partial charge in [0.15, 0.2) is 0 Å². The Morgan fingerprint density at radius 1 is 1.16 bits per heavy atom. The Kier molecular flexibility index (Phi) is 9.43. The summed E-state index contributed by atoms with van der Waals surface area (Å²) in [5, 5.41) is 2.90. The van der Waals surface area contributed by atoms with E-state index in [0.717, 1.165) is 57.9 Å². The number of carbonyl (C=O) groups is 1. The van der Waals surface area contributed by atoms with Crippen LogP contribution in [0, 0.1) is 0 Å². The molecular formula is C19H38N2O3S. The van der Waals surface area contributed by atoms with Crippen LogP contribution in [0.4, 0.5) is 0 Å². The van der Waals surface area contributed by atoms with Crippen molar-refractivity contribution >= 4 is 15.9 Å². The summed E-state index contributed by atoms with van der Waals surface area (Å²) in [7, 11) is -3.22. The summed E-state index contributed by atoms with van der Waals surface area (Å²) in [5.74, 6) is 0.150. The number of carbonyl (C=O) groups excluding carboxylic acids is 1. The molecule has 1 heterocycles. The molecule has 148 valence electrons. The molecule has 0 unspecified atom stereocenters. The zero-order chi connectivity index (χ0) is 18.9. The van der Waals surface area contributed by atoms with Gasteiger partial charge >= 0.3 is 0 Å². The van der Waals surface area contributed by atoms with Crippen LogP contribution in [0.25, 0.3) is 0 Å². The Bertz CT molecular complexity index is 503. The van der Waals surface area contributed by atoms with Gasteiger partial charge in [-0.3, -0.25) is 4.79 Å². The molecule has 1 amide bonds. The van der Waals surface area contributed by atoms with Crippen molar-refractivity contribution in [3.05, 3.63) is 0 Å². The van der Waals surface area contributed by atoms with E-state index in [1.165, 1.54) is 0 Å². The molecule has 5 nitrogen and oxygen atoms in total. The van der Waals surface area contributed by atoms with Gasteiger partial charge in [0.2, 0.25) is 15.9 Å². The van der Waals surface area contributed by atoms with Crippen molar-refractivity contribution in [3.63, 3.8) is 0 Å². The fourth-order valence-corrected chi connectivity index (χ4v) is 5.26. The molecule has 1 fully saturated rings. The number of rotatable bonds is 12. The Morgan fingerprint density at radius 2 is 1.84 bits per heavy atom. The largest absolute Gasteiger partial charge is 0.356 e. The fourth-order valence-electron chi connectivity index (χ4n) is 3.29. The van der Waals surface area contributed by atoms with Gasteiger partial charge in [-0.2, -0.15) is 4.31 Å². The Hall–Kier alpha value is -0.620. The van der Waals surface area contributed by atoms with Crippen LogP contribution < -0.4 is 5.32 Å². The number of nitrogens with zero attached hydrogens (tertiary/aromatic N) is 1. The van der Waals surface area contributed by atoms with E-state index in [1.54, 1.807) is 4.31 Å². The number of hydrogen-bond acceptors (Lipinski definition) is 3. The van der Waals surface area contributed by atoms with Crippen molar-refractivity contribution in [2.24, 2.45) is 0 Å². The van der Waals surface area contributed by atoms with E-state index < -0.39 is 14.8 Å². The number of amides is 1. The monoisotopic (exact) mass is 374 g/mol. The van der Waals surface area contributed by atoms with Crippen molar-refractivity contribution in [3.8, 4) is 0 Å². The van der Waals surface area contributed by atoms with Crippen LogP contribution in [0.2, 0.25) is 0 Å². The van der Waals surface area contributed by atoms with E-state index in [4.69, 9.17) is 0 Å². The molecule has 0 aromatic rings. The summed E-state index contributed by atoms with van der Waals surface area (Å²) in [6, 6.07) is 0.170. The van der Waals surface area contributed by atoms with Crippen LogP contribution in [-0.2, 0) is 14.8 Å². The molecule has 1 atom stereocenters. The molecule has 6 heteroatoms. The highest BCUT2D eigenvalue weighted by molar-refractivity contribution is 7.90. The van der Waals surface area contributed by atoms with Gasteiger partial charge in [0.05, 0.1) is 4.75 Å². The lowest BCUT2D eigenvalue weighted by Crippen LogP contribution is -2.46. The van der Waals surface area contributed by atoms with Gasteiger partial charge in [-0.05, 0) is 52.4 Å². The van der Waals surface area contributed by atoms with Gasteiger partial charge in [0.25, 0.3) is 0 Å². The van der Waals surface area contributed by atoms with Gasteiger partial charge in [-0.25, -0.2) is 8.42 Å². The van der Waals surface area contributed by atoms with E-state index in [-0.39, 0.29) is 11.9 Å². The van der Waals surface area contributed by atoms with Crippen molar-refractivity contribution < 1.29 is 13.2 Å². The van der Waals surface area contributed by atoms with Crippen LogP contribution in [0.15, 0.2) is 0 Å². The third-order valence-electron chi connectivity index (χ3n) is 5.44. The average molecular weight is 375 g/mol. The SMILES string of the molecule is CCCNC(=O)CCCCCC[C@@H]1CCCN1S(=O)(=O)C(C)(C)CC. The van der Waals surface area contributed by atoms with Gasteiger partial charge < -0.3 is 5.32 Å². The quantitative estimate of drug-likeness (QED) is 0.528. The highest BCUT2D eigenvalue weighted by Gasteiger charge is 2.42. The van der Waals surface area contributed by atoms with E-state index in [9.17, 15) is 13.2 Å². The third-order valence-corrected chi connectivity index (χ3v) is 8.23. The van der Waals surface area contributed by atoms with Crippen LogP contribution in [0.3, 0.4) is 0 Å². The van der Waals surface area contributed by atoms with Crippen molar-refractivity contribution in [2.75, 3.05) is 13.1 Å². The molecule has 0 spiro atoms. The molecule has 0 bridgehead atoms. The molecule has 1 aliphatic rings. The maximum Gasteiger partial charge on any atom is 0.219 e. The Balaban J connectivity index is 2.32. The number of unbranched alkanes of at least 4 members (excludes halogenated alkanes) is 3. The molecule has 1 aliphatic heterocycles. The lowest BCUT2D eigenvalue weighted by molar-refractivity contribution is -0.121. The van der Waals surface area contributed by atoms with Crippen molar-refractivity contribution in [1.82, 2.24) is 9.62 Å². The normalized spacial score (nSPS) is 19.3. The van der Waals surface area contributed by atoms with Gasteiger partial charge in [-0.1, -0.05) is 33.1 Å². The predicted octanol–water partition coefficient (Wildman–Crippen LogP) is 3.84. The van der Waals surface area contributed by atoms with Crippen LogP contribution in [0.5, 0.6) is 0 Å². The van der Waals surface area contributed by atoms with Crippen molar-refractivity contribution in [2.45, 2.75) is 103 Å². The molecule has 0 aromatic heterocycles. The smallest absolute Gasteiger partial charge is 0.219 e. The van der Waals surface area contributed by atoms with Gasteiger partial charge in [-0.15, -0.1) is 0 Å². The highest BCUT2D eigenvalue weighted by atomic mass is 32.2. The molecule has 1 N–H and O–H groups in total. The summed E-state index contributed by atoms with van der Waals surface area (Å²) < 4.78 is 26.8. The zero-order valence-corrected chi connectivity index (χ0v) is 17.5. The highest BCUT2D eigenvalue weighted by Crippen LogP contribution is 2.32. The summed E-state index contributed by atoms with van der Waals surface area (Å²) in [5.41, 5.74) is 0. The first-order valence-corrected chi connectivity index (χ1v) is 11.5. The van der Waals surface area contributed by atoms with Gasteiger partial charge in [0.1, 0.15) is 0 Å². The van der Waals surface area contributed by atoms with E-state index in [1.807, 2.05) is 20.8 Å². The minimum Gasteiger partial charge on any atom is -0.356 e. The standard InChI is InChI=1S/C19H38N2O3S/c1-5-15-20-18(22)14-10-8-7-9-12-17-13-11-16-21(17)25(23,24)19(3,4)6-2/h17H,5-16H2,1-4H3,(H,20,22)/t17-/m1/s1. The van der Waals surface area contributed by atoms with Crippen LogP contribution >= 0.6 is 0 Å². The second-order valence-electron chi connectivity index (χ2n) is 7.83. The molecule has 0 radical (unpaired) electrons. The topological polar surface area (TPSA) is 66.5 Å². The average Bonchev–Trinajstić information content (AvgIpc) is 3.05. The summed E-state index contributed by atoms with van der Waals surface area (Å²) in [6.07, 6.45) is 9.20. The minimum atomic E-state index is -3.22. The molecule has 1 saturated heterocycles. The first kappa shape index (κ1) is 22.4. The van der Waals surface area contributed by atoms with E-state index in [0.29, 0.717) is 19.4 Å². The summed E-state index contributed by atoms with van der Waals surface area (Å²) >= 11 is 0. The molecular weight excluding hydrogens is 336 g/mol. The zero-order valence-electron chi connectivity index (χ0n) is 16.6. The molecule has 1 rings (SSSR count). The molecule has 25 heavy (non-hydrogen) atoms. The maximum atomic E-state index is 12.9.